The summed E-state index contributed by atoms with van der Waals surface area (Å²) in [5.41, 5.74) is 1.10. The van der Waals surface area contributed by atoms with E-state index < -0.39 is 23.8 Å². The molecule has 2 bridgehead atoms. The van der Waals surface area contributed by atoms with Gasteiger partial charge in [0.15, 0.2) is 0 Å². The van der Waals surface area contributed by atoms with E-state index in [9.17, 15) is 24.3 Å². The van der Waals surface area contributed by atoms with Gasteiger partial charge >= 0.3 is 10.8 Å². The fourth-order valence-corrected chi connectivity index (χ4v) is 10.3. The molecule has 2 aliphatic carbocycles. The van der Waals surface area contributed by atoms with Gasteiger partial charge in [0, 0.05) is 20.5 Å². The van der Waals surface area contributed by atoms with E-state index in [1.165, 1.54) is 11.3 Å². The first kappa shape index (κ1) is 23.5. The number of carboxylic acids is 1. The van der Waals surface area contributed by atoms with Gasteiger partial charge in [0.2, 0.25) is 11.8 Å². The van der Waals surface area contributed by atoms with E-state index >= 15 is 0 Å². The molecule has 2 aromatic rings. The lowest BCUT2D eigenvalue weighted by Crippen LogP contribution is -2.47. The summed E-state index contributed by atoms with van der Waals surface area (Å²) in [6, 6.07) is 7.00. The van der Waals surface area contributed by atoms with Gasteiger partial charge in [-0.15, -0.1) is 11.8 Å². The van der Waals surface area contributed by atoms with Crippen molar-refractivity contribution >= 4 is 56.8 Å². The number of halogens is 1. The van der Waals surface area contributed by atoms with Crippen LogP contribution >= 0.6 is 39.0 Å². The minimum atomic E-state index is -1.12. The summed E-state index contributed by atoms with van der Waals surface area (Å²) in [6.07, 6.45) is 1.04. The molecular weight excluding hydrogens is 552 g/mol. The number of rotatable bonds is 5. The van der Waals surface area contributed by atoms with Crippen molar-refractivity contribution in [3.8, 4) is 0 Å². The van der Waals surface area contributed by atoms with Crippen LogP contribution in [0.1, 0.15) is 43.0 Å². The van der Waals surface area contributed by atoms with Crippen molar-refractivity contribution in [2.24, 2.45) is 35.5 Å². The van der Waals surface area contributed by atoms with Crippen LogP contribution < -0.4 is 4.87 Å². The Morgan fingerprint density at radius 3 is 2.43 bits per heavy atom. The minimum absolute atomic E-state index is 0.00977. The second-order valence-corrected chi connectivity index (χ2v) is 13.7. The Kier molecular flexibility index (Phi) is 5.58. The van der Waals surface area contributed by atoms with Crippen molar-refractivity contribution in [3.05, 3.63) is 48.8 Å². The predicted octanol–water partition coefficient (Wildman–Crippen LogP) is 4.17. The molecule has 1 aromatic heterocycles. The highest BCUT2D eigenvalue weighted by Gasteiger charge is 2.70. The van der Waals surface area contributed by atoms with Gasteiger partial charge in [-0.25, -0.2) is 4.79 Å². The molecule has 0 spiro atoms. The van der Waals surface area contributed by atoms with Gasteiger partial charge in [-0.05, 0) is 54.2 Å². The molecule has 2 saturated carbocycles. The van der Waals surface area contributed by atoms with E-state index in [0.29, 0.717) is 0 Å². The molecule has 184 valence electrons. The number of imide groups is 1. The number of fused-ring (bicyclic) bond motifs is 9. The molecule has 35 heavy (non-hydrogen) atoms. The molecule has 0 radical (unpaired) electrons. The lowest BCUT2D eigenvalue weighted by Gasteiger charge is -2.43. The number of thiazole rings is 1. The van der Waals surface area contributed by atoms with E-state index in [1.54, 1.807) is 11.8 Å². The lowest BCUT2D eigenvalue weighted by atomic mass is 9.68. The van der Waals surface area contributed by atoms with Crippen LogP contribution in [0.3, 0.4) is 0 Å². The van der Waals surface area contributed by atoms with Crippen molar-refractivity contribution in [3.63, 3.8) is 0 Å². The second-order valence-electron chi connectivity index (χ2n) is 10.5. The molecule has 1 aromatic carbocycles. The Bertz CT molecular complexity index is 1290. The van der Waals surface area contributed by atoms with Crippen LogP contribution in [0.4, 0.5) is 0 Å². The predicted molar refractivity (Wildman–Crippen MR) is 135 cm³/mol. The molecule has 10 heteroatoms. The molecular formula is C25H25BrN2O5S2. The van der Waals surface area contributed by atoms with E-state index in [-0.39, 0.29) is 57.9 Å². The molecule has 3 fully saturated rings. The van der Waals surface area contributed by atoms with Crippen LogP contribution in [0, 0.1) is 35.5 Å². The van der Waals surface area contributed by atoms with Crippen molar-refractivity contribution in [1.29, 1.82) is 0 Å². The largest absolute Gasteiger partial charge is 0.480 e. The maximum absolute atomic E-state index is 13.7. The zero-order valence-corrected chi connectivity index (χ0v) is 22.4. The first-order chi connectivity index (χ1) is 16.7. The average Bonchev–Trinajstić information content (AvgIpc) is 3.52. The first-order valence-electron chi connectivity index (χ1n) is 11.9. The smallest absolute Gasteiger partial charge is 0.326 e. The van der Waals surface area contributed by atoms with Crippen molar-refractivity contribution < 1.29 is 19.5 Å². The van der Waals surface area contributed by atoms with Crippen LogP contribution in [0.25, 0.3) is 0 Å². The number of aromatic amines is 1. The van der Waals surface area contributed by atoms with E-state index in [4.69, 9.17) is 0 Å². The van der Waals surface area contributed by atoms with Gasteiger partial charge < -0.3 is 10.1 Å². The van der Waals surface area contributed by atoms with Crippen LogP contribution in [0.5, 0.6) is 0 Å². The normalized spacial score (nSPS) is 33.7. The number of thioether (sulfide) groups is 1. The molecule has 7 unspecified atom stereocenters. The number of carboxylic acid groups (broad SMARTS) is 1. The quantitative estimate of drug-likeness (QED) is 0.517. The summed E-state index contributed by atoms with van der Waals surface area (Å²) in [5, 5.41) is 10.8. The Balaban J connectivity index is 1.42. The number of H-pyrrole nitrogens is 1. The number of hydrogen-bond acceptors (Lipinski definition) is 6. The Hall–Kier alpha value is -1.91. The molecule has 8 atom stereocenters. The summed E-state index contributed by atoms with van der Waals surface area (Å²) < 4.78 is 0.968. The lowest BCUT2D eigenvalue weighted by molar-refractivity contribution is -0.156. The Labute approximate surface area is 218 Å². The minimum Gasteiger partial charge on any atom is -0.480 e. The van der Waals surface area contributed by atoms with Gasteiger partial charge in [-0.3, -0.25) is 19.3 Å². The number of nitrogens with zero attached hydrogens (tertiary/aromatic N) is 1. The van der Waals surface area contributed by atoms with Gasteiger partial charge in [-0.1, -0.05) is 53.2 Å². The van der Waals surface area contributed by atoms with Crippen LogP contribution in [0.15, 0.2) is 38.6 Å². The van der Waals surface area contributed by atoms with Crippen molar-refractivity contribution in [1.82, 2.24) is 9.88 Å². The maximum Gasteiger partial charge on any atom is 0.326 e. The summed E-state index contributed by atoms with van der Waals surface area (Å²) in [5.74, 6) is -2.60. The number of amides is 2. The maximum atomic E-state index is 13.7. The molecule has 3 heterocycles. The number of likely N-dealkylation sites (tertiary alicyclic amines) is 1. The highest BCUT2D eigenvalue weighted by molar-refractivity contribution is 9.10. The SMILES string of the molecule is CC(C)CC(C(=O)O)N1C(=O)C2C3CC(C2C1=O)C1C3Sc2[nH]c(=O)sc2[C@@H]1c1ccc(Br)cc1. The van der Waals surface area contributed by atoms with Crippen LogP contribution in [-0.2, 0) is 14.4 Å². The number of nitrogens with one attached hydrogen (secondary N) is 1. The number of aromatic nitrogens is 1. The second kappa shape index (κ2) is 8.31. The third-order valence-electron chi connectivity index (χ3n) is 8.28. The van der Waals surface area contributed by atoms with Crippen molar-refractivity contribution in [2.75, 3.05) is 0 Å². The van der Waals surface area contributed by atoms with Gasteiger partial charge in [0.1, 0.15) is 6.04 Å². The summed E-state index contributed by atoms with van der Waals surface area (Å²) in [4.78, 5) is 56.7. The molecule has 4 aliphatic rings. The number of carbonyl (C=O) groups excluding carboxylic acids is 2. The van der Waals surface area contributed by atoms with E-state index in [0.717, 1.165) is 31.3 Å². The number of benzene rings is 1. The summed E-state index contributed by atoms with van der Waals surface area (Å²) in [6.45, 7) is 3.80. The molecule has 2 amide bonds. The number of hydrogen-bond donors (Lipinski definition) is 2. The van der Waals surface area contributed by atoms with Gasteiger partial charge in [-0.2, -0.15) is 0 Å². The van der Waals surface area contributed by atoms with E-state index in [2.05, 4.69) is 33.0 Å². The van der Waals surface area contributed by atoms with E-state index in [1.807, 2.05) is 26.0 Å². The topological polar surface area (TPSA) is 108 Å². The average molecular weight is 578 g/mol. The van der Waals surface area contributed by atoms with Crippen molar-refractivity contribution in [2.45, 2.75) is 48.9 Å². The van der Waals surface area contributed by atoms with Gasteiger partial charge in [0.25, 0.3) is 0 Å². The first-order valence-corrected chi connectivity index (χ1v) is 14.4. The Morgan fingerprint density at radius 2 is 1.80 bits per heavy atom. The highest BCUT2D eigenvalue weighted by atomic mass is 79.9. The molecule has 7 nitrogen and oxygen atoms in total. The zero-order chi connectivity index (χ0) is 24.8. The fourth-order valence-electron chi connectivity index (χ4n) is 7.15. The Morgan fingerprint density at radius 1 is 1.14 bits per heavy atom. The molecule has 6 rings (SSSR count). The summed E-state index contributed by atoms with van der Waals surface area (Å²) in [7, 11) is 0. The summed E-state index contributed by atoms with van der Waals surface area (Å²) >= 11 is 6.37. The fraction of sp³-hybridized carbons (Fsp3) is 0.520. The third-order valence-corrected chi connectivity index (χ3v) is 11.4. The van der Waals surface area contributed by atoms with Crippen LogP contribution in [-0.4, -0.2) is 44.1 Å². The third kappa shape index (κ3) is 3.43. The molecule has 2 aliphatic heterocycles. The standard InChI is InChI=1S/C25H25BrN2O5S2/c1-9(2)7-14(24(31)32)28-22(29)17-12-8-13(18(17)23(28)30)19-16(12)15(10-3-5-11(26)6-4-10)20-21(34-19)27-25(33)35-20/h3-6,9,12-19H,7-8H2,1-2H3,(H,27,33)(H,31,32)/t12?,13?,14?,15-,16?,17?,18?,19?/m1/s1. The number of aliphatic carboxylic acids is 1. The highest BCUT2D eigenvalue weighted by Crippen LogP contribution is 2.68. The monoisotopic (exact) mass is 576 g/mol. The van der Waals surface area contributed by atoms with Gasteiger partial charge in [0.05, 0.1) is 16.9 Å². The molecule has 2 N–H and O–H groups in total. The number of carbonyl (C=O) groups is 3. The van der Waals surface area contributed by atoms with Crippen LogP contribution in [0.2, 0.25) is 0 Å². The molecule has 1 saturated heterocycles. The zero-order valence-electron chi connectivity index (χ0n) is 19.1.